The van der Waals surface area contributed by atoms with Crippen molar-refractivity contribution >= 4 is 11.8 Å². The summed E-state index contributed by atoms with van der Waals surface area (Å²) in [7, 11) is 0. The third kappa shape index (κ3) is 2.50. The summed E-state index contributed by atoms with van der Waals surface area (Å²) < 4.78 is 0. The molecule has 18 heavy (non-hydrogen) atoms. The van der Waals surface area contributed by atoms with Crippen LogP contribution in [0.15, 0.2) is 18.5 Å². The van der Waals surface area contributed by atoms with Crippen molar-refractivity contribution in [2.75, 3.05) is 6.54 Å². The molecule has 1 N–H and O–H groups in total. The molecule has 1 aromatic rings. The van der Waals surface area contributed by atoms with Crippen LogP contribution in [0.4, 0.5) is 0 Å². The molecular formula is C13H17N3O2. The summed E-state index contributed by atoms with van der Waals surface area (Å²) in [5, 5.41) is 2.61. The number of hydrogen-bond acceptors (Lipinski definition) is 3. The fourth-order valence-electron chi connectivity index (χ4n) is 2.20. The van der Waals surface area contributed by atoms with E-state index in [0.717, 1.165) is 11.1 Å². The molecule has 1 unspecified atom stereocenters. The SMILES string of the molecule is CCC1C(=O)NCC(=O)N1Cc1cncc(C)c1. The number of rotatable bonds is 3. The predicted molar refractivity (Wildman–Crippen MR) is 66.6 cm³/mol. The van der Waals surface area contributed by atoms with E-state index < -0.39 is 0 Å². The average molecular weight is 247 g/mol. The Morgan fingerprint density at radius 2 is 2.22 bits per heavy atom. The van der Waals surface area contributed by atoms with Gasteiger partial charge < -0.3 is 10.2 Å². The minimum absolute atomic E-state index is 0.0389. The van der Waals surface area contributed by atoms with Crippen molar-refractivity contribution in [3.8, 4) is 0 Å². The molecule has 0 saturated carbocycles. The molecule has 5 nitrogen and oxygen atoms in total. The predicted octanol–water partition coefficient (Wildman–Crippen LogP) is 0.627. The van der Waals surface area contributed by atoms with Gasteiger partial charge in [0, 0.05) is 18.9 Å². The van der Waals surface area contributed by atoms with Crippen LogP contribution < -0.4 is 5.32 Å². The molecule has 0 radical (unpaired) electrons. The number of aromatic nitrogens is 1. The first-order valence-corrected chi connectivity index (χ1v) is 6.09. The molecule has 0 spiro atoms. The fourth-order valence-corrected chi connectivity index (χ4v) is 2.20. The van der Waals surface area contributed by atoms with E-state index in [1.165, 1.54) is 0 Å². The van der Waals surface area contributed by atoms with E-state index in [1.54, 1.807) is 17.3 Å². The Balaban J connectivity index is 2.19. The molecule has 0 aliphatic carbocycles. The van der Waals surface area contributed by atoms with Crippen molar-refractivity contribution in [2.24, 2.45) is 0 Å². The lowest BCUT2D eigenvalue weighted by Gasteiger charge is -2.34. The molecule has 96 valence electrons. The number of piperazine rings is 1. The summed E-state index contributed by atoms with van der Waals surface area (Å²) >= 11 is 0. The Bertz CT molecular complexity index is 473. The largest absolute Gasteiger partial charge is 0.345 e. The molecule has 1 aromatic heterocycles. The molecule has 2 amide bonds. The first-order chi connectivity index (χ1) is 8.61. The van der Waals surface area contributed by atoms with Crippen LogP contribution in [0.1, 0.15) is 24.5 Å². The summed E-state index contributed by atoms with van der Waals surface area (Å²) in [4.78, 5) is 29.3. The zero-order valence-electron chi connectivity index (χ0n) is 10.6. The van der Waals surface area contributed by atoms with Crippen LogP contribution in [0.3, 0.4) is 0 Å². The summed E-state index contributed by atoms with van der Waals surface area (Å²) in [5.41, 5.74) is 2.01. The summed E-state index contributed by atoms with van der Waals surface area (Å²) in [5.74, 6) is -0.110. The highest BCUT2D eigenvalue weighted by Crippen LogP contribution is 2.14. The van der Waals surface area contributed by atoms with Gasteiger partial charge >= 0.3 is 0 Å². The number of nitrogens with one attached hydrogen (secondary N) is 1. The van der Waals surface area contributed by atoms with Crippen LogP contribution in [0, 0.1) is 6.92 Å². The van der Waals surface area contributed by atoms with Gasteiger partial charge in [-0.05, 0) is 24.5 Å². The first kappa shape index (κ1) is 12.5. The molecule has 1 atom stereocenters. The Hall–Kier alpha value is -1.91. The summed E-state index contributed by atoms with van der Waals surface area (Å²) in [6, 6.07) is 1.62. The monoisotopic (exact) mass is 247 g/mol. The van der Waals surface area contributed by atoms with Gasteiger partial charge in [0.15, 0.2) is 0 Å². The van der Waals surface area contributed by atoms with Crippen molar-refractivity contribution in [3.05, 3.63) is 29.6 Å². The maximum atomic E-state index is 11.9. The second kappa shape index (κ2) is 5.16. The van der Waals surface area contributed by atoms with E-state index in [2.05, 4.69) is 10.3 Å². The molecule has 0 bridgehead atoms. The number of carbonyl (C=O) groups is 2. The van der Waals surface area contributed by atoms with E-state index in [0.29, 0.717) is 13.0 Å². The molecule has 1 fully saturated rings. The normalized spacial score (nSPS) is 19.9. The van der Waals surface area contributed by atoms with E-state index in [4.69, 9.17) is 0 Å². The Morgan fingerprint density at radius 3 is 2.89 bits per heavy atom. The lowest BCUT2D eigenvalue weighted by Crippen LogP contribution is -2.57. The Morgan fingerprint density at radius 1 is 1.44 bits per heavy atom. The topological polar surface area (TPSA) is 62.3 Å². The van der Waals surface area contributed by atoms with Crippen molar-refractivity contribution in [1.82, 2.24) is 15.2 Å². The Kier molecular flexibility index (Phi) is 3.60. The van der Waals surface area contributed by atoms with Gasteiger partial charge in [0.1, 0.15) is 6.04 Å². The van der Waals surface area contributed by atoms with Crippen LogP contribution >= 0.6 is 0 Å². The molecule has 0 aromatic carbocycles. The van der Waals surface area contributed by atoms with Gasteiger partial charge in [-0.15, -0.1) is 0 Å². The zero-order chi connectivity index (χ0) is 13.1. The standard InChI is InChI=1S/C13H17N3O2/c1-3-11-13(18)15-7-12(17)16(11)8-10-4-9(2)5-14-6-10/h4-6,11H,3,7-8H2,1-2H3,(H,15,18). The second-order valence-corrected chi connectivity index (χ2v) is 4.53. The number of hydrogen-bond donors (Lipinski definition) is 1. The fraction of sp³-hybridized carbons (Fsp3) is 0.462. The van der Waals surface area contributed by atoms with Crippen molar-refractivity contribution in [2.45, 2.75) is 32.9 Å². The van der Waals surface area contributed by atoms with Gasteiger partial charge in [-0.25, -0.2) is 0 Å². The molecule has 5 heteroatoms. The molecule has 1 aliphatic rings. The van der Waals surface area contributed by atoms with Gasteiger partial charge in [0.05, 0.1) is 6.54 Å². The molecular weight excluding hydrogens is 230 g/mol. The third-order valence-corrected chi connectivity index (χ3v) is 3.08. The van der Waals surface area contributed by atoms with Gasteiger partial charge in [-0.1, -0.05) is 13.0 Å². The maximum absolute atomic E-state index is 11.9. The summed E-state index contributed by atoms with van der Waals surface area (Å²) in [6.45, 7) is 4.40. The maximum Gasteiger partial charge on any atom is 0.243 e. The smallest absolute Gasteiger partial charge is 0.243 e. The average Bonchev–Trinajstić information content (AvgIpc) is 2.34. The number of aryl methyl sites for hydroxylation is 1. The number of amides is 2. The van der Waals surface area contributed by atoms with Crippen LogP contribution in [0.5, 0.6) is 0 Å². The van der Waals surface area contributed by atoms with Gasteiger partial charge in [0.2, 0.25) is 11.8 Å². The molecule has 2 rings (SSSR count). The lowest BCUT2D eigenvalue weighted by molar-refractivity contribution is -0.146. The summed E-state index contributed by atoms with van der Waals surface area (Å²) in [6.07, 6.45) is 4.13. The highest BCUT2D eigenvalue weighted by molar-refractivity contribution is 5.94. The third-order valence-electron chi connectivity index (χ3n) is 3.08. The van der Waals surface area contributed by atoms with E-state index in [1.807, 2.05) is 19.9 Å². The highest BCUT2D eigenvalue weighted by atomic mass is 16.2. The minimum Gasteiger partial charge on any atom is -0.345 e. The lowest BCUT2D eigenvalue weighted by atomic mass is 10.1. The van der Waals surface area contributed by atoms with E-state index >= 15 is 0 Å². The molecule has 1 aliphatic heterocycles. The van der Waals surface area contributed by atoms with Crippen molar-refractivity contribution < 1.29 is 9.59 Å². The quantitative estimate of drug-likeness (QED) is 0.852. The van der Waals surface area contributed by atoms with E-state index in [-0.39, 0.29) is 24.4 Å². The van der Waals surface area contributed by atoms with E-state index in [9.17, 15) is 9.59 Å². The van der Waals surface area contributed by atoms with Crippen LogP contribution in [-0.4, -0.2) is 34.3 Å². The Labute approximate surface area is 106 Å². The minimum atomic E-state index is -0.369. The molecule has 1 saturated heterocycles. The second-order valence-electron chi connectivity index (χ2n) is 4.53. The van der Waals surface area contributed by atoms with Crippen molar-refractivity contribution in [1.29, 1.82) is 0 Å². The zero-order valence-corrected chi connectivity index (χ0v) is 10.6. The van der Waals surface area contributed by atoms with Gasteiger partial charge in [-0.3, -0.25) is 14.6 Å². The number of carbonyl (C=O) groups excluding carboxylic acids is 2. The van der Waals surface area contributed by atoms with Gasteiger partial charge in [0.25, 0.3) is 0 Å². The van der Waals surface area contributed by atoms with Crippen molar-refractivity contribution in [3.63, 3.8) is 0 Å². The number of pyridine rings is 1. The van der Waals surface area contributed by atoms with Crippen LogP contribution in [0.2, 0.25) is 0 Å². The van der Waals surface area contributed by atoms with Crippen LogP contribution in [-0.2, 0) is 16.1 Å². The van der Waals surface area contributed by atoms with Crippen LogP contribution in [0.25, 0.3) is 0 Å². The number of nitrogens with zero attached hydrogens (tertiary/aromatic N) is 2. The van der Waals surface area contributed by atoms with Gasteiger partial charge in [-0.2, -0.15) is 0 Å². The highest BCUT2D eigenvalue weighted by Gasteiger charge is 2.32. The first-order valence-electron chi connectivity index (χ1n) is 6.09. The molecule has 2 heterocycles.